The molecule has 31 heavy (non-hydrogen) atoms. The van der Waals surface area contributed by atoms with Crippen molar-refractivity contribution in [2.45, 2.75) is 33.1 Å². The number of hydrogen-bond acceptors (Lipinski definition) is 5. The highest BCUT2D eigenvalue weighted by Crippen LogP contribution is 2.39. The predicted octanol–water partition coefficient (Wildman–Crippen LogP) is 5.52. The lowest BCUT2D eigenvalue weighted by Crippen LogP contribution is -2.10. The number of hydrogen-bond donors (Lipinski definition) is 0. The van der Waals surface area contributed by atoms with Crippen LogP contribution in [-0.4, -0.2) is 16.7 Å². The number of rotatable bonds is 3. The second-order valence-electron chi connectivity index (χ2n) is 8.50. The Balaban J connectivity index is 1.58. The maximum Gasteiger partial charge on any atom is 0.343 e. The molecular weight excluding hydrogens is 390 g/mol. The summed E-state index contributed by atoms with van der Waals surface area (Å²) < 4.78 is 11.4. The molecule has 0 saturated carbocycles. The number of benzene rings is 2. The van der Waals surface area contributed by atoms with Crippen molar-refractivity contribution in [3.05, 3.63) is 94.5 Å². The summed E-state index contributed by atoms with van der Waals surface area (Å²) in [6.07, 6.45) is 4.79. The molecule has 1 aliphatic heterocycles. The lowest BCUT2D eigenvalue weighted by molar-refractivity contribution is 0.0733. The molecule has 0 spiro atoms. The van der Waals surface area contributed by atoms with Gasteiger partial charge in [-0.15, -0.1) is 0 Å². The fourth-order valence-electron chi connectivity index (χ4n) is 3.36. The van der Waals surface area contributed by atoms with Gasteiger partial charge in [0.25, 0.3) is 0 Å². The van der Waals surface area contributed by atoms with E-state index < -0.39 is 5.97 Å². The summed E-state index contributed by atoms with van der Waals surface area (Å²) in [5.74, 6) is 0.334. The fraction of sp³-hybridized carbons (Fsp3) is 0.192. The van der Waals surface area contributed by atoms with Crippen LogP contribution >= 0.6 is 0 Å². The number of ketones is 1. The van der Waals surface area contributed by atoms with Gasteiger partial charge in [-0.2, -0.15) is 0 Å². The van der Waals surface area contributed by atoms with Gasteiger partial charge in [0.2, 0.25) is 5.78 Å². The Morgan fingerprint density at radius 1 is 1.00 bits per heavy atom. The first-order valence-electron chi connectivity index (χ1n) is 10.0. The minimum Gasteiger partial charge on any atom is -0.452 e. The van der Waals surface area contributed by atoms with E-state index >= 15 is 0 Å². The highest BCUT2D eigenvalue weighted by atomic mass is 16.5. The van der Waals surface area contributed by atoms with Crippen molar-refractivity contribution < 1.29 is 19.1 Å². The molecule has 156 valence electrons. The first-order chi connectivity index (χ1) is 14.7. The van der Waals surface area contributed by atoms with Crippen molar-refractivity contribution in [2.75, 3.05) is 0 Å². The van der Waals surface area contributed by atoms with Gasteiger partial charge < -0.3 is 9.47 Å². The van der Waals surface area contributed by atoms with Crippen LogP contribution in [0.15, 0.2) is 66.7 Å². The van der Waals surface area contributed by atoms with Crippen LogP contribution in [0, 0.1) is 6.92 Å². The van der Waals surface area contributed by atoms with E-state index in [4.69, 9.17) is 9.47 Å². The summed E-state index contributed by atoms with van der Waals surface area (Å²) in [7, 11) is 0. The van der Waals surface area contributed by atoms with Gasteiger partial charge in [0, 0.05) is 18.0 Å². The molecule has 0 unspecified atom stereocenters. The molecule has 0 aliphatic carbocycles. The Hall–Kier alpha value is -3.73. The number of allylic oxidation sites excluding steroid dienone is 1. The first-order valence-corrected chi connectivity index (χ1v) is 10.0. The molecule has 2 heterocycles. The Labute approximate surface area is 181 Å². The third kappa shape index (κ3) is 4.12. The van der Waals surface area contributed by atoms with Crippen LogP contribution in [0.4, 0.5) is 0 Å². The maximum atomic E-state index is 12.8. The molecule has 3 aromatic rings. The zero-order chi connectivity index (χ0) is 22.2. The minimum atomic E-state index is -0.496. The first kappa shape index (κ1) is 20.5. The Morgan fingerprint density at radius 3 is 2.32 bits per heavy atom. The van der Waals surface area contributed by atoms with Crippen molar-refractivity contribution in [3.8, 4) is 11.5 Å². The van der Waals surface area contributed by atoms with Gasteiger partial charge in [0.05, 0.1) is 11.1 Å². The summed E-state index contributed by atoms with van der Waals surface area (Å²) in [4.78, 5) is 29.1. The van der Waals surface area contributed by atoms with Gasteiger partial charge in [-0.25, -0.2) is 4.79 Å². The molecule has 0 amide bonds. The second-order valence-corrected chi connectivity index (χ2v) is 8.50. The lowest BCUT2D eigenvalue weighted by atomic mass is 9.86. The van der Waals surface area contributed by atoms with Crippen LogP contribution in [0.25, 0.3) is 6.08 Å². The number of pyridine rings is 1. The van der Waals surface area contributed by atoms with E-state index in [2.05, 4.69) is 37.9 Å². The molecule has 0 fully saturated rings. The van der Waals surface area contributed by atoms with E-state index in [0.717, 1.165) is 5.56 Å². The summed E-state index contributed by atoms with van der Waals surface area (Å²) in [5.41, 5.74) is 3.60. The zero-order valence-electron chi connectivity index (χ0n) is 17.9. The average molecular weight is 413 g/mol. The fourth-order valence-corrected chi connectivity index (χ4v) is 3.36. The van der Waals surface area contributed by atoms with Crippen LogP contribution in [-0.2, 0) is 5.41 Å². The molecule has 1 aliphatic rings. The Kier molecular flexibility index (Phi) is 5.19. The van der Waals surface area contributed by atoms with Crippen molar-refractivity contribution in [3.63, 3.8) is 0 Å². The Bertz CT molecular complexity index is 1190. The molecule has 1 aromatic heterocycles. The number of nitrogens with zero attached hydrogens (tertiary/aromatic N) is 1. The maximum absolute atomic E-state index is 12.8. The monoisotopic (exact) mass is 413 g/mol. The molecule has 0 saturated heterocycles. The van der Waals surface area contributed by atoms with E-state index in [1.54, 1.807) is 37.3 Å². The van der Waals surface area contributed by atoms with Crippen molar-refractivity contribution in [2.24, 2.45) is 0 Å². The highest BCUT2D eigenvalue weighted by molar-refractivity contribution is 6.15. The third-order valence-corrected chi connectivity index (χ3v) is 5.23. The zero-order valence-corrected chi connectivity index (χ0v) is 17.9. The molecule has 2 aromatic carbocycles. The number of fused-ring (bicyclic) bond motifs is 1. The number of carbonyl (C=O) groups is 2. The SMILES string of the molecule is Cc1c(OC(=O)c2ccncc2)ccc2c1O/C(=C\c1ccc(C(C)(C)C)cc1)C2=O. The van der Waals surface area contributed by atoms with Gasteiger partial charge in [0.1, 0.15) is 11.5 Å². The predicted molar refractivity (Wildman–Crippen MR) is 118 cm³/mol. The lowest BCUT2D eigenvalue weighted by Gasteiger charge is -2.18. The topological polar surface area (TPSA) is 65.5 Å². The molecule has 0 atom stereocenters. The largest absolute Gasteiger partial charge is 0.452 e. The van der Waals surface area contributed by atoms with Crippen molar-refractivity contribution in [1.82, 2.24) is 4.98 Å². The van der Waals surface area contributed by atoms with Gasteiger partial charge in [-0.3, -0.25) is 9.78 Å². The van der Waals surface area contributed by atoms with E-state index in [1.807, 2.05) is 12.1 Å². The molecule has 0 bridgehead atoms. The molecule has 0 radical (unpaired) electrons. The van der Waals surface area contributed by atoms with Gasteiger partial charge in [0.15, 0.2) is 5.76 Å². The van der Waals surface area contributed by atoms with Crippen molar-refractivity contribution in [1.29, 1.82) is 0 Å². The van der Waals surface area contributed by atoms with Crippen LogP contribution in [0.5, 0.6) is 11.5 Å². The summed E-state index contributed by atoms with van der Waals surface area (Å²) in [6.45, 7) is 8.23. The van der Waals surface area contributed by atoms with Crippen LogP contribution in [0.2, 0.25) is 0 Å². The summed E-state index contributed by atoms with van der Waals surface area (Å²) >= 11 is 0. The molecule has 4 rings (SSSR count). The second kappa shape index (κ2) is 7.84. The normalized spacial score (nSPS) is 14.3. The molecule has 0 N–H and O–H groups in total. The van der Waals surface area contributed by atoms with Crippen LogP contribution in [0.1, 0.15) is 58.2 Å². The highest BCUT2D eigenvalue weighted by Gasteiger charge is 2.30. The molecular formula is C26H23NO4. The number of aromatic nitrogens is 1. The summed E-state index contributed by atoms with van der Waals surface area (Å²) in [5, 5.41) is 0. The number of carbonyl (C=O) groups excluding carboxylic acids is 2. The smallest absolute Gasteiger partial charge is 0.343 e. The van der Waals surface area contributed by atoms with Gasteiger partial charge in [-0.05, 0) is 53.8 Å². The van der Waals surface area contributed by atoms with Gasteiger partial charge in [-0.1, -0.05) is 45.0 Å². The third-order valence-electron chi connectivity index (χ3n) is 5.23. The number of ether oxygens (including phenoxy) is 2. The Morgan fingerprint density at radius 2 is 1.68 bits per heavy atom. The number of esters is 1. The quantitative estimate of drug-likeness (QED) is 0.321. The average Bonchev–Trinajstić information content (AvgIpc) is 3.06. The van der Waals surface area contributed by atoms with Crippen LogP contribution in [0.3, 0.4) is 0 Å². The molecule has 5 nitrogen and oxygen atoms in total. The number of Topliss-reactive ketones (excluding diaryl/α,β-unsaturated/α-hetero) is 1. The van der Waals surface area contributed by atoms with Crippen molar-refractivity contribution >= 4 is 17.8 Å². The van der Waals surface area contributed by atoms with Crippen LogP contribution < -0.4 is 9.47 Å². The van der Waals surface area contributed by atoms with E-state index in [9.17, 15) is 9.59 Å². The minimum absolute atomic E-state index is 0.0583. The van der Waals surface area contributed by atoms with E-state index in [0.29, 0.717) is 28.2 Å². The standard InChI is InChI=1S/C26H23NO4/c1-16-21(31-25(29)18-11-13-27-14-12-18)10-9-20-23(28)22(30-24(16)20)15-17-5-7-19(8-6-17)26(2,3)4/h5-15H,1-4H3/b22-15-. The van der Waals surface area contributed by atoms with E-state index in [1.165, 1.54) is 18.0 Å². The van der Waals surface area contributed by atoms with Gasteiger partial charge >= 0.3 is 5.97 Å². The molecule has 5 heteroatoms. The summed E-state index contributed by atoms with van der Waals surface area (Å²) in [6, 6.07) is 14.5. The van der Waals surface area contributed by atoms with E-state index in [-0.39, 0.29) is 17.0 Å².